The van der Waals surface area contributed by atoms with E-state index in [1.165, 1.54) is 0 Å². The van der Waals surface area contributed by atoms with Crippen LogP contribution in [0, 0.1) is 0 Å². The average Bonchev–Trinajstić information content (AvgIpc) is 1.25. The highest BCUT2D eigenvalue weighted by molar-refractivity contribution is 6.44. The largest absolute Gasteiger partial charge is 0.106 e. The number of hydrogen-bond donors (Lipinski definition) is 0. The highest BCUT2D eigenvalue weighted by Crippen LogP contribution is 1.95. The summed E-state index contributed by atoms with van der Waals surface area (Å²) in [5, 5.41) is 0. The van der Waals surface area contributed by atoms with Crippen LogP contribution >= 0.6 is 46.4 Å². The van der Waals surface area contributed by atoms with Crippen molar-refractivity contribution in [1.29, 1.82) is 0 Å². The zero-order chi connectivity index (χ0) is 7.15. The molecule has 0 aromatic heterocycles. The molecule has 0 fully saturated rings. The van der Waals surface area contributed by atoms with Crippen molar-refractivity contribution in [2.45, 2.75) is 23.5 Å². The minimum absolute atomic E-state index is 0.222. The van der Waals surface area contributed by atoms with E-state index in [-0.39, 0.29) is 9.67 Å². The van der Waals surface area contributed by atoms with Gasteiger partial charge in [0.25, 0.3) is 0 Å². The van der Waals surface area contributed by atoms with Gasteiger partial charge < -0.3 is 0 Å². The lowest BCUT2D eigenvalue weighted by atomic mass is 11.0. The maximum Gasteiger partial charge on any atom is 0.105 e. The molecule has 0 aromatic carbocycles. The summed E-state index contributed by atoms with van der Waals surface area (Å²) in [6, 6.07) is 0. The van der Waals surface area contributed by atoms with Gasteiger partial charge in [-0.15, -0.1) is 46.4 Å². The number of halogens is 4. The number of alkyl halides is 4. The van der Waals surface area contributed by atoms with Crippen LogP contribution in [0.1, 0.15) is 13.8 Å². The Morgan fingerprint density at radius 1 is 0.750 bits per heavy atom. The van der Waals surface area contributed by atoms with E-state index in [2.05, 4.69) is 0 Å². The van der Waals surface area contributed by atoms with Gasteiger partial charge in [-0.3, -0.25) is 0 Å². The van der Waals surface area contributed by atoms with E-state index in [0.717, 1.165) is 0 Å². The number of hydrogen-bond acceptors (Lipinski definition) is 0. The zero-order valence-corrected chi connectivity index (χ0v) is 7.69. The molecule has 0 N–H and O–H groups in total. The van der Waals surface area contributed by atoms with Crippen LogP contribution in [-0.2, 0) is 0 Å². The second-order valence-corrected chi connectivity index (χ2v) is 4.10. The Morgan fingerprint density at radius 2 is 0.750 bits per heavy atom. The van der Waals surface area contributed by atoms with Crippen LogP contribution in [0.5, 0.6) is 0 Å². The average molecular weight is 198 g/mol. The third-order valence-electron chi connectivity index (χ3n) is 0. The normalized spacial score (nSPS) is 9.00. The summed E-state index contributed by atoms with van der Waals surface area (Å²) < 4.78 is 0. The molecule has 52 valence electrons. The smallest absolute Gasteiger partial charge is 0.105 e. The van der Waals surface area contributed by atoms with Crippen LogP contribution in [0.3, 0.4) is 0 Å². The predicted octanol–water partition coefficient (Wildman–Crippen LogP) is 3.62. The molecule has 0 amide bonds. The Labute approximate surface area is 70.1 Å². The Bertz CT molecular complexity index is 23.5. The van der Waals surface area contributed by atoms with E-state index in [0.29, 0.717) is 0 Å². The summed E-state index contributed by atoms with van der Waals surface area (Å²) in [7, 11) is 0. The van der Waals surface area contributed by atoms with E-state index in [9.17, 15) is 0 Å². The molecule has 0 nitrogen and oxygen atoms in total. The van der Waals surface area contributed by atoms with Crippen molar-refractivity contribution in [3.8, 4) is 0 Å². The van der Waals surface area contributed by atoms with E-state index in [1.807, 2.05) is 0 Å². The van der Waals surface area contributed by atoms with Gasteiger partial charge in [-0.05, 0) is 13.8 Å². The van der Waals surface area contributed by atoms with Crippen molar-refractivity contribution in [1.82, 2.24) is 0 Å². The van der Waals surface area contributed by atoms with Gasteiger partial charge in [-0.2, -0.15) is 0 Å². The van der Waals surface area contributed by atoms with Crippen LogP contribution in [0.2, 0.25) is 0 Å². The first kappa shape index (κ1) is 11.9. The fourth-order valence-corrected chi connectivity index (χ4v) is 0. The van der Waals surface area contributed by atoms with Crippen LogP contribution in [0.4, 0.5) is 0 Å². The molecule has 0 rings (SSSR count). The molecule has 0 atom stereocenters. The van der Waals surface area contributed by atoms with Crippen molar-refractivity contribution in [3.63, 3.8) is 0 Å². The van der Waals surface area contributed by atoms with Crippen molar-refractivity contribution in [2.24, 2.45) is 0 Å². The molecule has 0 radical (unpaired) electrons. The van der Waals surface area contributed by atoms with E-state index in [1.54, 1.807) is 13.8 Å². The second-order valence-electron chi connectivity index (χ2n) is 1.04. The van der Waals surface area contributed by atoms with Gasteiger partial charge >= 0.3 is 0 Å². The van der Waals surface area contributed by atoms with Crippen LogP contribution in [-0.4, -0.2) is 9.67 Å². The Balaban J connectivity index is 0. The minimum Gasteiger partial charge on any atom is -0.106 e. The molecule has 0 aliphatic rings. The molecule has 0 aliphatic carbocycles. The molecule has 0 saturated heterocycles. The van der Waals surface area contributed by atoms with E-state index < -0.39 is 0 Å². The summed E-state index contributed by atoms with van der Waals surface area (Å²) in [6.45, 7) is 3.40. The molecular weight excluding hydrogens is 190 g/mol. The zero-order valence-electron chi connectivity index (χ0n) is 4.67. The fraction of sp³-hybridized carbons (Fsp3) is 1.00. The third-order valence-corrected chi connectivity index (χ3v) is 0. The Morgan fingerprint density at radius 3 is 0.750 bits per heavy atom. The van der Waals surface area contributed by atoms with Crippen molar-refractivity contribution < 1.29 is 0 Å². The van der Waals surface area contributed by atoms with Gasteiger partial charge in [0.1, 0.15) is 9.67 Å². The maximum absolute atomic E-state index is 5.04. The second kappa shape index (κ2) is 8.16. The van der Waals surface area contributed by atoms with Crippen molar-refractivity contribution >= 4 is 46.4 Å². The van der Waals surface area contributed by atoms with Gasteiger partial charge in [-0.1, -0.05) is 0 Å². The lowest BCUT2D eigenvalue weighted by Gasteiger charge is -1.72. The van der Waals surface area contributed by atoms with Gasteiger partial charge in [0, 0.05) is 0 Å². The summed E-state index contributed by atoms with van der Waals surface area (Å²) in [5.41, 5.74) is 0. The number of rotatable bonds is 0. The standard InChI is InChI=1S/2C2H4Cl2/c2*1-2(3)4/h2*2H,1H3. The monoisotopic (exact) mass is 196 g/mol. The quantitative estimate of drug-likeness (QED) is 0.521. The van der Waals surface area contributed by atoms with Crippen LogP contribution < -0.4 is 0 Å². The first-order valence-electron chi connectivity index (χ1n) is 2.03. The summed E-state index contributed by atoms with van der Waals surface area (Å²) >= 11 is 20.2. The molecule has 0 unspecified atom stereocenters. The molecule has 0 saturated carbocycles. The lowest BCUT2D eigenvalue weighted by molar-refractivity contribution is 1.39. The van der Waals surface area contributed by atoms with Gasteiger partial charge in [0.05, 0.1) is 0 Å². The maximum atomic E-state index is 5.04. The Hall–Kier alpha value is 1.16. The highest BCUT2D eigenvalue weighted by atomic mass is 35.5. The molecule has 0 aliphatic heterocycles. The molecular formula is C4H8Cl4. The van der Waals surface area contributed by atoms with Gasteiger partial charge in [0.2, 0.25) is 0 Å². The van der Waals surface area contributed by atoms with Crippen molar-refractivity contribution in [2.75, 3.05) is 0 Å². The third kappa shape index (κ3) is 202. The summed E-state index contributed by atoms with van der Waals surface area (Å²) in [5.74, 6) is 0. The van der Waals surface area contributed by atoms with Crippen LogP contribution in [0.25, 0.3) is 0 Å². The molecule has 4 heteroatoms. The molecule has 8 heavy (non-hydrogen) atoms. The Kier molecular flexibility index (Phi) is 12.1. The summed E-state index contributed by atoms with van der Waals surface area (Å²) in [6.07, 6.45) is 0. The first-order chi connectivity index (χ1) is 3.46. The van der Waals surface area contributed by atoms with E-state index >= 15 is 0 Å². The predicted molar refractivity (Wildman–Crippen MR) is 42.3 cm³/mol. The molecule has 0 heterocycles. The molecule has 0 spiro atoms. The first-order valence-corrected chi connectivity index (χ1v) is 3.77. The van der Waals surface area contributed by atoms with Crippen molar-refractivity contribution in [3.05, 3.63) is 0 Å². The van der Waals surface area contributed by atoms with Gasteiger partial charge in [0.15, 0.2) is 0 Å². The highest BCUT2D eigenvalue weighted by Gasteiger charge is 1.75. The summed E-state index contributed by atoms with van der Waals surface area (Å²) in [4.78, 5) is -0.444. The molecule has 0 aromatic rings. The SMILES string of the molecule is CC(Cl)Cl.CC(Cl)Cl. The van der Waals surface area contributed by atoms with Crippen LogP contribution in [0.15, 0.2) is 0 Å². The van der Waals surface area contributed by atoms with Gasteiger partial charge in [-0.25, -0.2) is 0 Å². The fourth-order valence-electron chi connectivity index (χ4n) is 0. The van der Waals surface area contributed by atoms with E-state index in [4.69, 9.17) is 46.4 Å². The minimum atomic E-state index is -0.222. The topological polar surface area (TPSA) is 0 Å². The molecule has 0 bridgehead atoms. The lowest BCUT2D eigenvalue weighted by Crippen LogP contribution is -1.63.